The van der Waals surface area contributed by atoms with Crippen molar-refractivity contribution in [3.63, 3.8) is 0 Å². The van der Waals surface area contributed by atoms with Crippen LogP contribution in [0.1, 0.15) is 0 Å². The number of hydrogen-bond acceptors (Lipinski definition) is 9. The second kappa shape index (κ2) is 5.30. The van der Waals surface area contributed by atoms with Crippen LogP contribution in [-0.4, -0.2) is 39.1 Å². The summed E-state index contributed by atoms with van der Waals surface area (Å²) in [6.45, 7) is 0. The van der Waals surface area contributed by atoms with E-state index in [1.165, 1.54) is 0 Å². The zero-order valence-corrected chi connectivity index (χ0v) is 14.0. The summed E-state index contributed by atoms with van der Waals surface area (Å²) in [7, 11) is -22.9. The van der Waals surface area contributed by atoms with E-state index in [4.69, 9.17) is 0 Å². The Hall–Kier alpha value is 0.800. The summed E-state index contributed by atoms with van der Waals surface area (Å²) in [6, 6.07) is 0. The van der Waals surface area contributed by atoms with E-state index in [0.717, 1.165) is 0 Å². The molecule has 0 aliphatic carbocycles. The summed E-state index contributed by atoms with van der Waals surface area (Å²) < 4.78 is 88.7. The van der Waals surface area contributed by atoms with Crippen molar-refractivity contribution in [3.05, 3.63) is 0 Å². The Morgan fingerprint density at radius 2 is 1.39 bits per heavy atom. The van der Waals surface area contributed by atoms with Gasteiger partial charge in [0.15, 0.2) is 5.08 Å². The van der Waals surface area contributed by atoms with Gasteiger partial charge in [-0.2, -0.15) is 21.0 Å². The normalized spacial score (nSPS) is 16.3. The molecule has 0 aromatic rings. The summed E-state index contributed by atoms with van der Waals surface area (Å²) in [5, 5.41) is 10.7. The first-order valence-corrected chi connectivity index (χ1v) is 10.4. The van der Waals surface area contributed by atoms with Gasteiger partial charge in [0.25, 0.3) is 0 Å². The molecule has 0 aliphatic rings. The van der Waals surface area contributed by atoms with Crippen molar-refractivity contribution in [1.82, 2.24) is 0 Å². The average Bonchev–Trinajstić information content (AvgIpc) is 1.68. The van der Waals surface area contributed by atoms with E-state index in [2.05, 4.69) is 19.0 Å². The molecule has 0 spiro atoms. The average molecular weight is 357 g/mol. The van der Waals surface area contributed by atoms with E-state index in [1.807, 2.05) is 0 Å². The molecule has 0 bridgehead atoms. The fourth-order valence-electron chi connectivity index (χ4n) is 0.585. The molecule has 106 valence electrons. The summed E-state index contributed by atoms with van der Waals surface area (Å²) in [5.74, 6) is 0. The first-order valence-electron chi connectivity index (χ1n) is 3.12. The summed E-state index contributed by atoms with van der Waals surface area (Å²) in [5.41, 5.74) is 0. The Kier molecular flexibility index (Phi) is 6.21. The molecule has 0 atom stereocenters. The molecule has 0 rings (SSSR count). The molecule has 0 saturated carbocycles. The standard InChI is InChI=1S/CH9N3O9S4.Na/c2-15(8,9)13-17(4,12,16(3,10)11)1-14(5,6)7;/h1H2,(H2,4,12)(H2,2,8,9)(H2,3,10,11)(H,5,6,7);/q;+1/p-1. The van der Waals surface area contributed by atoms with E-state index >= 15 is 0 Å². The molecule has 0 radical (unpaired) electrons. The van der Waals surface area contributed by atoms with E-state index in [0.29, 0.717) is 0 Å². The van der Waals surface area contributed by atoms with Gasteiger partial charge in [-0.25, -0.2) is 23.8 Å². The van der Waals surface area contributed by atoms with Crippen molar-refractivity contribution in [2.45, 2.75) is 0 Å². The van der Waals surface area contributed by atoms with Gasteiger partial charge in [0, 0.05) is 0 Å². The fraction of sp³-hybridized carbons (Fsp3) is 1.00. The van der Waals surface area contributed by atoms with Crippen molar-refractivity contribution in [2.24, 2.45) is 15.4 Å². The Labute approximate surface area is 125 Å². The molecule has 0 aromatic heterocycles. The fourth-order valence-corrected chi connectivity index (χ4v) is 9.28. The molecular formula is CH8N3NaO9S4. The predicted molar refractivity (Wildman–Crippen MR) is 54.2 cm³/mol. The third-order valence-electron chi connectivity index (χ3n) is 1.08. The van der Waals surface area contributed by atoms with Crippen LogP contribution in [0.25, 0.3) is 0 Å². The van der Waals surface area contributed by atoms with Gasteiger partial charge in [0.2, 0.25) is 0 Å². The van der Waals surface area contributed by atoms with Crippen LogP contribution in [-0.2, 0) is 41.7 Å². The van der Waals surface area contributed by atoms with E-state index < -0.39 is 43.1 Å². The van der Waals surface area contributed by atoms with Crippen LogP contribution in [0.4, 0.5) is 0 Å². The minimum absolute atomic E-state index is 0. The molecule has 0 unspecified atom stereocenters. The zero-order chi connectivity index (χ0) is 14.4. The molecule has 0 amide bonds. The first kappa shape index (κ1) is 21.1. The van der Waals surface area contributed by atoms with Crippen LogP contribution in [0, 0.1) is 0 Å². The first-order chi connectivity index (χ1) is 6.96. The maximum atomic E-state index is 11.6. The second-order valence-electron chi connectivity index (χ2n) is 2.74. The summed E-state index contributed by atoms with van der Waals surface area (Å²) in [4.78, 5) is 0. The number of hydrogen-bond donors (Lipinski definition) is 3. The monoisotopic (exact) mass is 357 g/mol. The second-order valence-corrected chi connectivity index (χ2v) is 12.8. The molecule has 0 aliphatic heterocycles. The van der Waals surface area contributed by atoms with Gasteiger partial charge >= 0.3 is 48.9 Å². The predicted octanol–water partition coefficient (Wildman–Crippen LogP) is -7.47. The van der Waals surface area contributed by atoms with Gasteiger partial charge in [0.1, 0.15) is 10.1 Å². The van der Waals surface area contributed by atoms with Gasteiger partial charge < -0.3 is 4.55 Å². The van der Waals surface area contributed by atoms with Crippen LogP contribution in [0.5, 0.6) is 0 Å². The number of nitrogens with two attached hydrogens (primary N) is 3. The molecule has 6 N–H and O–H groups in total. The Balaban J connectivity index is 0. The van der Waals surface area contributed by atoms with Crippen LogP contribution in [0.2, 0.25) is 0 Å². The topological polar surface area (TPSA) is 230 Å². The Morgan fingerprint density at radius 1 is 1.06 bits per heavy atom. The maximum absolute atomic E-state index is 11.6. The van der Waals surface area contributed by atoms with Crippen molar-refractivity contribution < 1.29 is 67.2 Å². The third-order valence-corrected chi connectivity index (χ3v) is 11.1. The minimum atomic E-state index is -6.54. The van der Waals surface area contributed by atoms with E-state index in [9.17, 15) is 34.0 Å². The third kappa shape index (κ3) is 5.84. The molecule has 0 fully saturated rings. The van der Waals surface area contributed by atoms with Crippen LogP contribution in [0.3, 0.4) is 0 Å². The van der Waals surface area contributed by atoms with Crippen molar-refractivity contribution in [2.75, 3.05) is 5.08 Å². The Morgan fingerprint density at radius 3 is 1.56 bits per heavy atom. The van der Waals surface area contributed by atoms with Crippen molar-refractivity contribution in [1.29, 1.82) is 0 Å². The van der Waals surface area contributed by atoms with Gasteiger partial charge in [-0.05, 0) is 8.56 Å². The van der Waals surface area contributed by atoms with Crippen LogP contribution < -0.4 is 45.0 Å². The summed E-state index contributed by atoms with van der Waals surface area (Å²) >= 11 is 0. The number of rotatable bonds is 5. The van der Waals surface area contributed by atoms with Crippen molar-refractivity contribution in [3.8, 4) is 0 Å². The maximum Gasteiger partial charge on any atom is 1.00 e. The molecule has 18 heavy (non-hydrogen) atoms. The smallest absolute Gasteiger partial charge is 0.747 e. The quantitative estimate of drug-likeness (QED) is 0.240. The van der Waals surface area contributed by atoms with E-state index in [1.54, 1.807) is 0 Å². The Bertz CT molecular complexity index is 646. The van der Waals surface area contributed by atoms with E-state index in [-0.39, 0.29) is 29.6 Å². The molecule has 0 saturated heterocycles. The largest absolute Gasteiger partial charge is 1.00 e. The zero-order valence-electron chi connectivity index (χ0n) is 8.75. The SMILES string of the molecule is NS(=O)(=O)OS(N)(=O)(CS(=O)(=O)[O-])S(N)(=O)=O.[Na+]. The van der Waals surface area contributed by atoms with Gasteiger partial charge in [-0.1, -0.05) is 0 Å². The molecule has 17 heteroatoms. The van der Waals surface area contributed by atoms with Crippen LogP contribution in [0.15, 0.2) is 0 Å². The molecule has 0 heterocycles. The van der Waals surface area contributed by atoms with Gasteiger partial charge in [0.05, 0.1) is 0 Å². The molecule has 12 nitrogen and oxygen atoms in total. The van der Waals surface area contributed by atoms with Gasteiger partial charge in [-0.15, -0.1) is 3.63 Å². The van der Waals surface area contributed by atoms with Gasteiger partial charge in [-0.3, -0.25) is 0 Å². The summed E-state index contributed by atoms with van der Waals surface area (Å²) in [6.07, 6.45) is 0. The molecular weight excluding hydrogens is 349 g/mol. The van der Waals surface area contributed by atoms with Crippen LogP contribution >= 0.6 is 0 Å². The minimum Gasteiger partial charge on any atom is -0.747 e. The van der Waals surface area contributed by atoms with Crippen molar-refractivity contribution >= 4 is 38.0 Å². The molecule has 0 aromatic carbocycles.